The number of methoxy groups -OCH3 is 1. The minimum Gasteiger partial charge on any atom is -0.504 e. The molecule has 0 aromatic heterocycles. The highest BCUT2D eigenvalue weighted by Crippen LogP contribution is 2.25. The maximum Gasteiger partial charge on any atom is 0.271 e. The third kappa shape index (κ3) is 3.76. The second-order valence-corrected chi connectivity index (χ2v) is 5.15. The van der Waals surface area contributed by atoms with Crippen LogP contribution in [0.4, 0.5) is 0 Å². The van der Waals surface area contributed by atoms with E-state index in [0.29, 0.717) is 21.3 Å². The molecule has 0 aliphatic rings. The van der Waals surface area contributed by atoms with Crippen molar-refractivity contribution < 1.29 is 19.7 Å². The van der Waals surface area contributed by atoms with Crippen molar-refractivity contribution in [3.05, 3.63) is 52.0 Å². The Morgan fingerprint density at radius 3 is 2.64 bits per heavy atom. The van der Waals surface area contributed by atoms with E-state index in [-0.39, 0.29) is 17.4 Å². The maximum atomic E-state index is 11.9. The van der Waals surface area contributed by atoms with Crippen molar-refractivity contribution in [2.75, 3.05) is 7.11 Å². The molecule has 0 saturated heterocycles. The number of carbonyl (C=O) groups is 1. The first-order valence-corrected chi connectivity index (χ1v) is 6.99. The molecule has 2 aromatic carbocycles. The van der Waals surface area contributed by atoms with Crippen LogP contribution in [0.25, 0.3) is 0 Å². The largest absolute Gasteiger partial charge is 0.504 e. The molecule has 2 rings (SSSR count). The van der Waals surface area contributed by atoms with E-state index in [4.69, 9.17) is 4.74 Å². The summed E-state index contributed by atoms with van der Waals surface area (Å²) in [5, 5.41) is 22.3. The number of amides is 1. The van der Waals surface area contributed by atoms with Gasteiger partial charge in [-0.15, -0.1) is 0 Å². The highest BCUT2D eigenvalue weighted by molar-refractivity contribution is 9.10. The second-order valence-electron chi connectivity index (χ2n) is 4.30. The van der Waals surface area contributed by atoms with Gasteiger partial charge in [0.05, 0.1) is 17.8 Å². The van der Waals surface area contributed by atoms with Crippen LogP contribution in [0.5, 0.6) is 17.2 Å². The number of phenols is 2. The van der Waals surface area contributed by atoms with Crippen molar-refractivity contribution in [3.63, 3.8) is 0 Å². The van der Waals surface area contributed by atoms with E-state index >= 15 is 0 Å². The number of rotatable bonds is 4. The average Bonchev–Trinajstić information content (AvgIpc) is 2.50. The Bertz CT molecular complexity index is 731. The first kappa shape index (κ1) is 15.8. The molecule has 7 heteroatoms. The van der Waals surface area contributed by atoms with Gasteiger partial charge in [0.2, 0.25) is 0 Å². The van der Waals surface area contributed by atoms with Crippen LogP contribution < -0.4 is 10.2 Å². The molecule has 22 heavy (non-hydrogen) atoms. The number of nitrogens with zero attached hydrogens (tertiary/aromatic N) is 1. The second kappa shape index (κ2) is 6.95. The Hall–Kier alpha value is -2.54. The number of halogens is 1. The third-order valence-electron chi connectivity index (χ3n) is 2.79. The topological polar surface area (TPSA) is 91.2 Å². The summed E-state index contributed by atoms with van der Waals surface area (Å²) >= 11 is 3.30. The third-order valence-corrected chi connectivity index (χ3v) is 3.41. The zero-order valence-corrected chi connectivity index (χ0v) is 13.2. The molecular weight excluding hydrogens is 352 g/mol. The van der Waals surface area contributed by atoms with Gasteiger partial charge in [0.1, 0.15) is 5.75 Å². The normalized spacial score (nSPS) is 10.6. The zero-order valence-electron chi connectivity index (χ0n) is 11.6. The molecule has 3 N–H and O–H groups in total. The van der Waals surface area contributed by atoms with Crippen LogP contribution in [-0.2, 0) is 0 Å². The number of nitrogens with one attached hydrogen (secondary N) is 1. The molecule has 1 amide bonds. The molecule has 0 radical (unpaired) electrons. The highest BCUT2D eigenvalue weighted by Gasteiger charge is 2.08. The molecule has 6 nitrogen and oxygen atoms in total. The molecule has 0 spiro atoms. The number of hydrazone groups is 1. The van der Waals surface area contributed by atoms with Crippen LogP contribution in [0, 0.1) is 0 Å². The quantitative estimate of drug-likeness (QED) is 0.441. The SMILES string of the molecule is COc1ccc(C(=O)NN=Cc2ccc(O)c(O)c2)cc1Br. The number of ether oxygens (including phenoxy) is 1. The summed E-state index contributed by atoms with van der Waals surface area (Å²) in [5.74, 6) is -0.235. The van der Waals surface area contributed by atoms with E-state index < -0.39 is 0 Å². The van der Waals surface area contributed by atoms with Crippen LogP contribution >= 0.6 is 15.9 Å². The lowest BCUT2D eigenvalue weighted by atomic mass is 10.2. The van der Waals surface area contributed by atoms with Crippen LogP contribution in [0.2, 0.25) is 0 Å². The van der Waals surface area contributed by atoms with Gasteiger partial charge >= 0.3 is 0 Å². The molecule has 114 valence electrons. The summed E-state index contributed by atoms with van der Waals surface area (Å²) in [5.41, 5.74) is 3.32. The number of aromatic hydroxyl groups is 2. The number of benzene rings is 2. The van der Waals surface area contributed by atoms with E-state index in [0.717, 1.165) is 0 Å². The monoisotopic (exact) mass is 364 g/mol. The summed E-state index contributed by atoms with van der Waals surface area (Å²) in [6, 6.07) is 9.11. The first-order valence-electron chi connectivity index (χ1n) is 6.20. The predicted molar refractivity (Wildman–Crippen MR) is 85.5 cm³/mol. The lowest BCUT2D eigenvalue weighted by Gasteiger charge is -2.05. The summed E-state index contributed by atoms with van der Waals surface area (Å²) in [4.78, 5) is 11.9. The Balaban J connectivity index is 2.04. The minimum absolute atomic E-state index is 0.218. The van der Waals surface area contributed by atoms with Crippen LogP contribution in [-0.4, -0.2) is 29.4 Å². The lowest BCUT2D eigenvalue weighted by Crippen LogP contribution is -2.17. The van der Waals surface area contributed by atoms with Gasteiger partial charge in [-0.3, -0.25) is 4.79 Å². The number of phenolic OH excluding ortho intramolecular Hbond substituents is 2. The van der Waals surface area contributed by atoms with Gasteiger partial charge in [-0.2, -0.15) is 5.10 Å². The van der Waals surface area contributed by atoms with Crippen molar-refractivity contribution in [3.8, 4) is 17.2 Å². The van der Waals surface area contributed by atoms with Crippen LogP contribution in [0.1, 0.15) is 15.9 Å². The average molecular weight is 365 g/mol. The van der Waals surface area contributed by atoms with E-state index in [1.807, 2.05) is 0 Å². The molecular formula is C15H13BrN2O4. The van der Waals surface area contributed by atoms with Crippen molar-refractivity contribution in [2.45, 2.75) is 0 Å². The fraction of sp³-hybridized carbons (Fsp3) is 0.0667. The van der Waals surface area contributed by atoms with Gasteiger partial charge in [0.15, 0.2) is 11.5 Å². The first-order chi connectivity index (χ1) is 10.5. The van der Waals surface area contributed by atoms with Gasteiger partial charge in [0.25, 0.3) is 5.91 Å². The molecule has 0 bridgehead atoms. The van der Waals surface area contributed by atoms with Gasteiger partial charge < -0.3 is 14.9 Å². The molecule has 0 aliphatic heterocycles. The Labute approximate surface area is 135 Å². The molecule has 0 aliphatic carbocycles. The van der Waals surface area contributed by atoms with Gasteiger partial charge in [-0.1, -0.05) is 0 Å². The molecule has 0 fully saturated rings. The van der Waals surface area contributed by atoms with Crippen LogP contribution in [0.15, 0.2) is 46.0 Å². The smallest absolute Gasteiger partial charge is 0.271 e. The van der Waals surface area contributed by atoms with Crippen molar-refractivity contribution in [1.82, 2.24) is 5.43 Å². The van der Waals surface area contributed by atoms with Gasteiger partial charge in [-0.05, 0) is 57.9 Å². The van der Waals surface area contributed by atoms with Crippen molar-refractivity contribution >= 4 is 28.1 Å². The molecule has 0 saturated carbocycles. The van der Waals surface area contributed by atoms with Crippen molar-refractivity contribution in [2.24, 2.45) is 5.10 Å². The minimum atomic E-state index is -0.386. The van der Waals surface area contributed by atoms with Crippen LogP contribution in [0.3, 0.4) is 0 Å². The Morgan fingerprint density at radius 1 is 1.23 bits per heavy atom. The summed E-state index contributed by atoms with van der Waals surface area (Å²) < 4.78 is 5.75. The molecule has 0 atom stereocenters. The highest BCUT2D eigenvalue weighted by atomic mass is 79.9. The number of hydrogen-bond acceptors (Lipinski definition) is 5. The van der Waals surface area contributed by atoms with Crippen molar-refractivity contribution in [1.29, 1.82) is 0 Å². The lowest BCUT2D eigenvalue weighted by molar-refractivity contribution is 0.0955. The molecule has 2 aromatic rings. The number of carbonyl (C=O) groups excluding carboxylic acids is 1. The summed E-state index contributed by atoms with van der Waals surface area (Å²) in [6.07, 6.45) is 1.36. The van der Waals surface area contributed by atoms with Gasteiger partial charge in [-0.25, -0.2) is 5.43 Å². The summed E-state index contributed by atoms with van der Waals surface area (Å²) in [6.45, 7) is 0. The summed E-state index contributed by atoms with van der Waals surface area (Å²) in [7, 11) is 1.54. The fourth-order valence-electron chi connectivity index (χ4n) is 1.66. The van der Waals surface area contributed by atoms with E-state index in [1.165, 1.54) is 25.5 Å². The fourth-order valence-corrected chi connectivity index (χ4v) is 2.20. The Kier molecular flexibility index (Phi) is 5.00. The molecule has 0 heterocycles. The van der Waals surface area contributed by atoms with Gasteiger partial charge in [0, 0.05) is 5.56 Å². The van der Waals surface area contributed by atoms with E-state index in [2.05, 4.69) is 26.5 Å². The predicted octanol–water partition coefficient (Wildman–Crippen LogP) is 2.63. The maximum absolute atomic E-state index is 11.9. The molecule has 0 unspecified atom stereocenters. The number of hydrogen-bond donors (Lipinski definition) is 3. The van der Waals surface area contributed by atoms with E-state index in [9.17, 15) is 15.0 Å². The Morgan fingerprint density at radius 2 is 2.00 bits per heavy atom. The standard InChI is InChI=1S/C15H13BrN2O4/c1-22-14-5-3-10(7-11(14)16)15(21)18-17-8-9-2-4-12(19)13(20)6-9/h2-8,19-20H,1H3,(H,18,21). The van der Waals surface area contributed by atoms with E-state index in [1.54, 1.807) is 24.3 Å². The zero-order chi connectivity index (χ0) is 16.1.